The van der Waals surface area contributed by atoms with Crippen molar-refractivity contribution in [3.05, 3.63) is 71.6 Å². The van der Waals surface area contributed by atoms with E-state index in [1.54, 1.807) is 30.4 Å². The van der Waals surface area contributed by atoms with Crippen molar-refractivity contribution in [1.29, 1.82) is 0 Å². The Hall–Kier alpha value is -4.98. The first-order chi connectivity index (χ1) is 26.9. The van der Waals surface area contributed by atoms with Gasteiger partial charge in [0.05, 0.1) is 37.3 Å². The van der Waals surface area contributed by atoms with Crippen molar-refractivity contribution in [1.82, 2.24) is 25.2 Å². The molecule has 3 amide bonds. The number of methoxy groups -OCH3 is 1. The average Bonchev–Trinajstić information content (AvgIpc) is 3.50. The predicted octanol–water partition coefficient (Wildman–Crippen LogP) is 5.63. The summed E-state index contributed by atoms with van der Waals surface area (Å²) in [5.41, 5.74) is 9.50. The first-order valence-electron chi connectivity index (χ1n) is 19.6. The van der Waals surface area contributed by atoms with Crippen LogP contribution in [0.4, 0.5) is 4.79 Å². The van der Waals surface area contributed by atoms with Crippen LogP contribution in [0.2, 0.25) is 0 Å². The Kier molecular flexibility index (Phi) is 12.7. The van der Waals surface area contributed by atoms with Gasteiger partial charge in [-0.05, 0) is 86.6 Å². The van der Waals surface area contributed by atoms with Crippen LogP contribution in [0.3, 0.4) is 0 Å². The molecule has 6 rings (SSSR count). The SMILES string of the molecule is C=C/C(=C(\N=C/C)[C@H](C)OC)c1c2c3cc(ccc3n1CC)-c1cc(O)cc(c1)C[C@H](NC(=O)N1CCOCC1)C(=O)N1CCC[C@H](N1)C(=O)OCC(C)(C)C2. The lowest BCUT2D eigenvalue weighted by Gasteiger charge is -2.36. The van der Waals surface area contributed by atoms with Gasteiger partial charge in [0.2, 0.25) is 0 Å². The summed E-state index contributed by atoms with van der Waals surface area (Å²) >= 11 is 0. The summed E-state index contributed by atoms with van der Waals surface area (Å²) < 4.78 is 19.6. The monoisotopic (exact) mass is 768 g/mol. The van der Waals surface area contributed by atoms with Gasteiger partial charge in [0, 0.05) is 67.8 Å². The fraction of sp³-hybridized carbons (Fsp3) is 0.488. The maximum absolute atomic E-state index is 14.3. The molecule has 2 aromatic carbocycles. The zero-order chi connectivity index (χ0) is 40.1. The summed E-state index contributed by atoms with van der Waals surface area (Å²) in [6.07, 6.45) is 4.99. The number of nitrogens with one attached hydrogen (secondary N) is 2. The summed E-state index contributed by atoms with van der Waals surface area (Å²) in [7, 11) is 1.66. The summed E-state index contributed by atoms with van der Waals surface area (Å²) in [4.78, 5) is 47.9. The van der Waals surface area contributed by atoms with Crippen molar-refractivity contribution in [3.8, 4) is 16.9 Å². The Morgan fingerprint density at radius 3 is 2.62 bits per heavy atom. The summed E-state index contributed by atoms with van der Waals surface area (Å²) in [5, 5.41) is 16.5. The van der Waals surface area contributed by atoms with Crippen LogP contribution < -0.4 is 10.7 Å². The van der Waals surface area contributed by atoms with Gasteiger partial charge in [0.1, 0.15) is 17.8 Å². The minimum absolute atomic E-state index is 0.0392. The highest BCUT2D eigenvalue weighted by molar-refractivity contribution is 5.96. The molecule has 3 N–H and O–H groups in total. The Morgan fingerprint density at radius 2 is 1.93 bits per heavy atom. The molecule has 1 aromatic heterocycles. The van der Waals surface area contributed by atoms with Crippen molar-refractivity contribution in [2.24, 2.45) is 10.4 Å². The van der Waals surface area contributed by atoms with Crippen LogP contribution in [0.25, 0.3) is 27.6 Å². The molecular weight excluding hydrogens is 713 g/mol. The van der Waals surface area contributed by atoms with E-state index >= 15 is 0 Å². The van der Waals surface area contributed by atoms with Crippen LogP contribution in [-0.4, -0.2) is 108 Å². The van der Waals surface area contributed by atoms with Crippen molar-refractivity contribution in [3.63, 3.8) is 0 Å². The molecule has 0 spiro atoms. The number of hydrazine groups is 1. The molecule has 56 heavy (non-hydrogen) atoms. The highest BCUT2D eigenvalue weighted by atomic mass is 16.5. The lowest BCUT2D eigenvalue weighted by Crippen LogP contribution is -2.61. The number of rotatable bonds is 7. The fourth-order valence-electron chi connectivity index (χ4n) is 7.99. The number of morpholine rings is 1. The van der Waals surface area contributed by atoms with E-state index in [9.17, 15) is 19.5 Å². The van der Waals surface area contributed by atoms with Gasteiger partial charge in [0.25, 0.3) is 5.91 Å². The number of benzene rings is 2. The van der Waals surface area contributed by atoms with Crippen LogP contribution in [0.5, 0.6) is 5.75 Å². The number of aliphatic imine (C=N–C) groups is 1. The number of urea groups is 1. The molecule has 13 nitrogen and oxygen atoms in total. The number of hydrogen-bond donors (Lipinski definition) is 3. The zero-order valence-corrected chi connectivity index (χ0v) is 33.5. The van der Waals surface area contributed by atoms with Crippen LogP contribution >= 0.6 is 0 Å². The van der Waals surface area contributed by atoms with Gasteiger partial charge in [-0.25, -0.2) is 10.2 Å². The second-order valence-electron chi connectivity index (χ2n) is 15.5. The number of carbonyl (C=O) groups excluding carboxylic acids is 3. The Labute approximate surface area is 329 Å². The van der Waals surface area contributed by atoms with Gasteiger partial charge in [-0.3, -0.25) is 19.6 Å². The largest absolute Gasteiger partial charge is 0.508 e. The molecule has 3 aromatic rings. The number of phenols is 1. The number of allylic oxidation sites excluding steroid dienone is 2. The summed E-state index contributed by atoms with van der Waals surface area (Å²) in [5.74, 6) is -0.783. The second-order valence-corrected chi connectivity index (χ2v) is 15.5. The second kappa shape index (κ2) is 17.4. The van der Waals surface area contributed by atoms with E-state index in [1.165, 1.54) is 5.01 Å². The van der Waals surface area contributed by atoms with E-state index < -0.39 is 23.5 Å². The number of carbonyl (C=O) groups is 3. The minimum atomic E-state index is -0.992. The average molecular weight is 769 g/mol. The summed E-state index contributed by atoms with van der Waals surface area (Å²) in [6.45, 7) is 17.1. The number of fused-ring (bicyclic) bond motifs is 6. The molecule has 0 aliphatic carbocycles. The first-order valence-corrected chi connectivity index (χ1v) is 19.6. The van der Waals surface area contributed by atoms with Crippen molar-refractivity contribution < 1.29 is 33.7 Å². The molecule has 2 saturated heterocycles. The lowest BCUT2D eigenvalue weighted by molar-refractivity contribution is -0.155. The minimum Gasteiger partial charge on any atom is -0.508 e. The van der Waals surface area contributed by atoms with Gasteiger partial charge in [0.15, 0.2) is 0 Å². The van der Waals surface area contributed by atoms with Crippen molar-refractivity contribution in [2.45, 2.75) is 85.0 Å². The standard InChI is InChI=1S/C43H56N6O7/c1-8-32(38(44-9-2)27(4)54-7)39-34-25-43(5,6)26-56-41(52)35-12-11-15-49(46-35)40(51)36(45-42(53)47-16-18-55-19-17-47)22-28-20-30(23-31(50)21-28)29-13-14-37(33(34)24-29)48(39)10-3/h8-9,13-14,20-21,23-24,27,35-36,46,50H,1,10-12,15-19,22,25-26H2,2-7H3,(H,45,53)/b38-32+,44-9-/t27-,35-,36-/m0/s1. The Morgan fingerprint density at radius 1 is 1.16 bits per heavy atom. The number of aromatic hydroxyl groups is 1. The predicted molar refractivity (Wildman–Crippen MR) is 217 cm³/mol. The smallest absolute Gasteiger partial charge is 0.324 e. The van der Waals surface area contributed by atoms with Crippen LogP contribution in [0, 0.1) is 5.41 Å². The highest BCUT2D eigenvalue weighted by Crippen LogP contribution is 2.40. The quantitative estimate of drug-likeness (QED) is 0.159. The number of amides is 3. The van der Waals surface area contributed by atoms with E-state index in [2.05, 4.69) is 54.8 Å². The fourth-order valence-corrected chi connectivity index (χ4v) is 7.99. The number of aryl methyl sites for hydroxylation is 1. The molecular formula is C43H56N6O7. The van der Waals surface area contributed by atoms with Crippen molar-refractivity contribution in [2.75, 3.05) is 46.6 Å². The first kappa shape index (κ1) is 40.7. The number of cyclic esters (lactones) is 1. The molecule has 0 saturated carbocycles. The van der Waals surface area contributed by atoms with Gasteiger partial charge >= 0.3 is 12.0 Å². The van der Waals surface area contributed by atoms with Crippen LogP contribution in [0.15, 0.2) is 59.7 Å². The van der Waals surface area contributed by atoms with E-state index in [1.807, 2.05) is 32.1 Å². The van der Waals surface area contributed by atoms with E-state index in [-0.39, 0.29) is 36.8 Å². The third-order valence-electron chi connectivity index (χ3n) is 10.9. The molecule has 0 unspecified atom stereocenters. The van der Waals surface area contributed by atoms with E-state index in [4.69, 9.17) is 19.2 Å². The molecule has 3 aliphatic heterocycles. The number of esters is 1. The van der Waals surface area contributed by atoms with Crippen LogP contribution in [0.1, 0.15) is 64.3 Å². The number of ether oxygens (including phenoxy) is 3. The number of hydrogen-bond acceptors (Lipinski definition) is 9. The number of nitrogens with zero attached hydrogens (tertiary/aromatic N) is 4. The van der Waals surface area contributed by atoms with Gasteiger partial charge in [-0.1, -0.05) is 38.6 Å². The molecule has 13 heteroatoms. The molecule has 0 radical (unpaired) electrons. The third kappa shape index (κ3) is 8.69. The maximum Gasteiger partial charge on any atom is 0.324 e. The molecule has 6 bridgehead atoms. The molecule has 4 heterocycles. The maximum atomic E-state index is 14.3. The third-order valence-corrected chi connectivity index (χ3v) is 10.9. The van der Waals surface area contributed by atoms with Gasteiger partial charge in [-0.2, -0.15) is 0 Å². The molecule has 300 valence electrons. The Balaban J connectivity index is 1.54. The van der Waals surface area contributed by atoms with Gasteiger partial charge in [-0.15, -0.1) is 0 Å². The van der Waals surface area contributed by atoms with Crippen LogP contribution in [-0.2, 0) is 43.2 Å². The van der Waals surface area contributed by atoms with Gasteiger partial charge < -0.3 is 34.1 Å². The zero-order valence-electron chi connectivity index (χ0n) is 33.5. The lowest BCUT2D eigenvalue weighted by atomic mass is 9.84. The molecule has 3 atom stereocenters. The summed E-state index contributed by atoms with van der Waals surface area (Å²) in [6, 6.07) is 9.45. The topological polar surface area (TPSA) is 147 Å². The van der Waals surface area contributed by atoms with E-state index in [0.717, 1.165) is 44.6 Å². The number of aromatic nitrogens is 1. The Bertz CT molecular complexity index is 2030. The number of phenolic OH excluding ortho intramolecular Hbond substituents is 1. The molecule has 2 fully saturated rings. The normalized spacial score (nSPS) is 21.7. The van der Waals surface area contributed by atoms with E-state index in [0.29, 0.717) is 64.2 Å². The molecule has 3 aliphatic rings. The highest BCUT2D eigenvalue weighted by Gasteiger charge is 2.36. The van der Waals surface area contributed by atoms with Crippen molar-refractivity contribution >= 4 is 40.6 Å².